The van der Waals surface area contributed by atoms with Gasteiger partial charge in [-0.25, -0.2) is 0 Å². The molecular weight excluding hydrogens is 176 g/mol. The zero-order valence-corrected chi connectivity index (χ0v) is 9.33. The highest BCUT2D eigenvalue weighted by molar-refractivity contribution is 5.77. The molecule has 78 valence electrons. The largest absolute Gasteiger partial charge is 0.469 e. The summed E-state index contributed by atoms with van der Waals surface area (Å²) in [6.07, 6.45) is 7.35. The lowest BCUT2D eigenvalue weighted by molar-refractivity contribution is -0.152. The van der Waals surface area contributed by atoms with Crippen LogP contribution in [0.4, 0.5) is 0 Å². The Bertz CT molecular complexity index is 285. The van der Waals surface area contributed by atoms with E-state index >= 15 is 0 Å². The van der Waals surface area contributed by atoms with Crippen LogP contribution < -0.4 is 0 Å². The number of carbonyl (C=O) groups excluding carboxylic acids is 1. The van der Waals surface area contributed by atoms with E-state index in [1.54, 1.807) is 0 Å². The number of hydrogen-bond donors (Lipinski definition) is 0. The van der Waals surface area contributed by atoms with E-state index in [9.17, 15) is 4.79 Å². The van der Waals surface area contributed by atoms with Crippen molar-refractivity contribution in [2.45, 2.75) is 27.2 Å². The van der Waals surface area contributed by atoms with E-state index in [2.05, 4.69) is 25.2 Å². The van der Waals surface area contributed by atoms with Gasteiger partial charge in [-0.3, -0.25) is 4.79 Å². The van der Waals surface area contributed by atoms with Crippen LogP contribution in [-0.2, 0) is 9.53 Å². The highest BCUT2D eigenvalue weighted by Crippen LogP contribution is 2.33. The van der Waals surface area contributed by atoms with E-state index in [1.165, 1.54) is 12.7 Å². The number of esters is 1. The highest BCUT2D eigenvalue weighted by Gasteiger charge is 2.35. The molecule has 2 heteroatoms. The van der Waals surface area contributed by atoms with Gasteiger partial charge in [0.2, 0.25) is 0 Å². The third-order valence-corrected chi connectivity index (χ3v) is 2.79. The molecule has 0 heterocycles. The van der Waals surface area contributed by atoms with Crippen molar-refractivity contribution >= 4 is 5.97 Å². The third-order valence-electron chi connectivity index (χ3n) is 2.79. The molecule has 0 aliphatic heterocycles. The molecule has 0 saturated carbocycles. The van der Waals surface area contributed by atoms with Gasteiger partial charge < -0.3 is 4.74 Å². The minimum atomic E-state index is -0.465. The van der Waals surface area contributed by atoms with E-state index < -0.39 is 5.41 Å². The average molecular weight is 194 g/mol. The highest BCUT2D eigenvalue weighted by atomic mass is 16.5. The Labute approximate surface area is 85.6 Å². The first-order valence-corrected chi connectivity index (χ1v) is 4.91. The van der Waals surface area contributed by atoms with Crippen LogP contribution in [-0.4, -0.2) is 13.1 Å². The van der Waals surface area contributed by atoms with Crippen molar-refractivity contribution in [3.8, 4) is 0 Å². The molecule has 0 bridgehead atoms. The molecule has 1 aliphatic carbocycles. The molecule has 1 unspecified atom stereocenters. The summed E-state index contributed by atoms with van der Waals surface area (Å²) >= 11 is 0. The van der Waals surface area contributed by atoms with Gasteiger partial charge in [0.1, 0.15) is 0 Å². The van der Waals surface area contributed by atoms with Crippen molar-refractivity contribution in [3.05, 3.63) is 23.8 Å². The van der Waals surface area contributed by atoms with Crippen molar-refractivity contribution in [3.63, 3.8) is 0 Å². The molecule has 0 aromatic rings. The molecule has 0 fully saturated rings. The normalized spacial score (nSPS) is 21.7. The Morgan fingerprint density at radius 1 is 1.57 bits per heavy atom. The fraction of sp³-hybridized carbons (Fsp3) is 0.583. The first-order valence-electron chi connectivity index (χ1n) is 4.91. The molecule has 0 spiro atoms. The maximum absolute atomic E-state index is 11.6. The Morgan fingerprint density at radius 3 is 2.71 bits per heavy atom. The fourth-order valence-corrected chi connectivity index (χ4v) is 1.68. The third kappa shape index (κ3) is 2.06. The van der Waals surface area contributed by atoms with Crippen LogP contribution in [0.15, 0.2) is 23.8 Å². The maximum atomic E-state index is 11.6. The average Bonchev–Trinajstić information content (AvgIpc) is 2.16. The van der Waals surface area contributed by atoms with Crippen LogP contribution in [0.25, 0.3) is 0 Å². The van der Waals surface area contributed by atoms with Gasteiger partial charge in [0.25, 0.3) is 0 Å². The summed E-state index contributed by atoms with van der Waals surface area (Å²) in [5.74, 6) is 0.00167. The number of ether oxygens (including phenoxy) is 1. The van der Waals surface area contributed by atoms with Crippen molar-refractivity contribution in [1.29, 1.82) is 0 Å². The summed E-state index contributed by atoms with van der Waals surface area (Å²) in [7, 11) is 1.44. The molecule has 1 rings (SSSR count). The van der Waals surface area contributed by atoms with Gasteiger partial charge in [-0.1, -0.05) is 23.8 Å². The van der Waals surface area contributed by atoms with E-state index in [0.29, 0.717) is 0 Å². The Morgan fingerprint density at radius 2 is 2.21 bits per heavy atom. The molecule has 0 radical (unpaired) electrons. The fourth-order valence-electron chi connectivity index (χ4n) is 1.68. The van der Waals surface area contributed by atoms with Crippen molar-refractivity contribution in [2.75, 3.05) is 7.11 Å². The Kier molecular flexibility index (Phi) is 3.14. The van der Waals surface area contributed by atoms with Gasteiger partial charge in [0.15, 0.2) is 0 Å². The van der Waals surface area contributed by atoms with Gasteiger partial charge in [-0.2, -0.15) is 0 Å². The summed E-state index contributed by atoms with van der Waals surface area (Å²) in [6, 6.07) is 0. The lowest BCUT2D eigenvalue weighted by Gasteiger charge is -2.29. The van der Waals surface area contributed by atoms with Gasteiger partial charge in [-0.05, 0) is 27.2 Å². The number of methoxy groups -OCH3 is 1. The monoisotopic (exact) mass is 194 g/mol. The molecule has 14 heavy (non-hydrogen) atoms. The molecule has 2 nitrogen and oxygen atoms in total. The summed E-state index contributed by atoms with van der Waals surface area (Å²) in [5, 5.41) is 0. The van der Waals surface area contributed by atoms with Crippen LogP contribution in [0.3, 0.4) is 0 Å². The molecule has 0 amide bonds. The molecular formula is C12H18O2. The number of allylic oxidation sites excluding steroid dienone is 4. The Balaban J connectivity index is 2.87. The van der Waals surface area contributed by atoms with E-state index in [-0.39, 0.29) is 11.9 Å². The summed E-state index contributed by atoms with van der Waals surface area (Å²) in [5.41, 5.74) is 0.849. The van der Waals surface area contributed by atoms with Gasteiger partial charge in [0, 0.05) is 5.92 Å². The van der Waals surface area contributed by atoms with Gasteiger partial charge in [-0.15, -0.1) is 0 Å². The zero-order valence-electron chi connectivity index (χ0n) is 9.33. The van der Waals surface area contributed by atoms with E-state index in [0.717, 1.165) is 6.42 Å². The minimum Gasteiger partial charge on any atom is -0.469 e. The van der Waals surface area contributed by atoms with Crippen LogP contribution in [0.1, 0.15) is 27.2 Å². The van der Waals surface area contributed by atoms with Gasteiger partial charge in [0.05, 0.1) is 12.5 Å². The van der Waals surface area contributed by atoms with Crippen LogP contribution in [0, 0.1) is 11.3 Å². The topological polar surface area (TPSA) is 26.3 Å². The molecule has 0 saturated heterocycles. The van der Waals surface area contributed by atoms with Crippen LogP contribution in [0.5, 0.6) is 0 Å². The first-order chi connectivity index (χ1) is 6.48. The molecule has 0 N–H and O–H groups in total. The zero-order chi connectivity index (χ0) is 10.8. The molecule has 1 aliphatic rings. The van der Waals surface area contributed by atoms with Crippen LogP contribution in [0.2, 0.25) is 0 Å². The molecule has 0 aromatic heterocycles. The number of hydrogen-bond acceptors (Lipinski definition) is 2. The van der Waals surface area contributed by atoms with Crippen molar-refractivity contribution in [2.24, 2.45) is 11.3 Å². The van der Waals surface area contributed by atoms with E-state index in [4.69, 9.17) is 4.74 Å². The smallest absolute Gasteiger partial charge is 0.312 e. The lowest BCUT2D eigenvalue weighted by atomic mass is 9.76. The van der Waals surface area contributed by atoms with E-state index in [1.807, 2.05) is 13.8 Å². The Hall–Kier alpha value is -1.05. The first kappa shape index (κ1) is 11.0. The minimum absolute atomic E-state index is 0.155. The summed E-state index contributed by atoms with van der Waals surface area (Å²) in [4.78, 5) is 11.6. The SMILES string of the molecule is COC(=O)C(C)(C)C1C=CCC(C)=C1. The number of rotatable bonds is 2. The summed E-state index contributed by atoms with van der Waals surface area (Å²) < 4.78 is 4.80. The lowest BCUT2D eigenvalue weighted by Crippen LogP contribution is -2.32. The second-order valence-electron chi connectivity index (χ2n) is 4.38. The number of carbonyl (C=O) groups is 1. The maximum Gasteiger partial charge on any atom is 0.312 e. The predicted molar refractivity (Wildman–Crippen MR) is 56.8 cm³/mol. The van der Waals surface area contributed by atoms with Gasteiger partial charge >= 0.3 is 5.97 Å². The quantitative estimate of drug-likeness (QED) is 0.499. The summed E-state index contributed by atoms with van der Waals surface area (Å²) in [6.45, 7) is 5.93. The predicted octanol–water partition coefficient (Wildman–Crippen LogP) is 2.71. The van der Waals surface area contributed by atoms with Crippen molar-refractivity contribution in [1.82, 2.24) is 0 Å². The second kappa shape index (κ2) is 3.99. The van der Waals surface area contributed by atoms with Crippen LogP contribution >= 0.6 is 0 Å². The second-order valence-corrected chi connectivity index (χ2v) is 4.38. The molecule has 1 atom stereocenters. The molecule has 0 aromatic carbocycles. The standard InChI is InChI=1S/C12H18O2/c1-9-6-5-7-10(8-9)12(2,3)11(13)14-4/h5,7-8,10H,6H2,1-4H3. The van der Waals surface area contributed by atoms with Crippen molar-refractivity contribution < 1.29 is 9.53 Å².